The largest absolute Gasteiger partial charge is 0.482 e. The van der Waals surface area contributed by atoms with E-state index in [2.05, 4.69) is 16.2 Å². The third kappa shape index (κ3) is 2.18. The second-order valence-corrected chi connectivity index (χ2v) is 6.42. The first-order chi connectivity index (χ1) is 12.0. The van der Waals surface area contributed by atoms with Crippen LogP contribution >= 0.6 is 0 Å². The van der Waals surface area contributed by atoms with E-state index in [0.29, 0.717) is 25.9 Å². The van der Waals surface area contributed by atoms with E-state index in [1.807, 2.05) is 6.92 Å². The van der Waals surface area contributed by atoms with Gasteiger partial charge in [-0.05, 0) is 19.3 Å². The number of aliphatic imine (C=N–C) groups is 1. The molecule has 2 amide bonds. The lowest BCUT2D eigenvalue weighted by Gasteiger charge is -2.54. The predicted octanol–water partition coefficient (Wildman–Crippen LogP) is -0.263. The summed E-state index contributed by atoms with van der Waals surface area (Å²) in [5.41, 5.74) is -2.57. The van der Waals surface area contributed by atoms with Crippen molar-refractivity contribution in [2.75, 3.05) is 26.9 Å². The minimum absolute atomic E-state index is 0.0416. The molecule has 3 aliphatic rings. The van der Waals surface area contributed by atoms with Gasteiger partial charge in [-0.25, -0.2) is 9.79 Å². The minimum atomic E-state index is -1.37. The average Bonchev–Trinajstić information content (AvgIpc) is 3.21. The number of hydroxylamine groups is 2. The number of aliphatic hydroxyl groups excluding tert-OH is 1. The molecule has 2 fully saturated rings. The maximum absolute atomic E-state index is 12.7. The Balaban J connectivity index is 2.28. The molecule has 0 aliphatic carbocycles. The maximum Gasteiger partial charge on any atom is 0.320 e. The van der Waals surface area contributed by atoms with Crippen molar-refractivity contribution < 1.29 is 24.6 Å². The van der Waals surface area contributed by atoms with Crippen molar-refractivity contribution in [2.45, 2.75) is 49.6 Å². The number of ether oxygens (including phenoxy) is 2. The highest BCUT2D eigenvalue weighted by Gasteiger charge is 2.74. The highest BCUT2D eigenvalue weighted by atomic mass is 16.5. The molecule has 0 bridgehead atoms. The molecule has 2 saturated heterocycles. The Morgan fingerprint density at radius 3 is 2.96 bits per heavy atom. The number of carbonyl (C=O) groups excluding carboxylic acids is 1. The number of nitrogens with zero attached hydrogens (tertiary/aromatic N) is 3. The van der Waals surface area contributed by atoms with Gasteiger partial charge >= 0.3 is 6.03 Å². The summed E-state index contributed by atoms with van der Waals surface area (Å²) in [6.45, 7) is 2.14. The predicted molar refractivity (Wildman–Crippen MR) is 87.7 cm³/mol. The van der Waals surface area contributed by atoms with Gasteiger partial charge in [-0.3, -0.25) is 4.90 Å². The van der Waals surface area contributed by atoms with Crippen LogP contribution in [-0.4, -0.2) is 82.5 Å². The number of amides is 2. The number of rotatable bonds is 4. The molecule has 3 unspecified atom stereocenters. The lowest BCUT2D eigenvalue weighted by molar-refractivity contribution is -0.214. The van der Waals surface area contributed by atoms with Gasteiger partial charge in [0.15, 0.2) is 5.54 Å². The Morgan fingerprint density at radius 2 is 2.40 bits per heavy atom. The second kappa shape index (κ2) is 6.46. The molecule has 4 atom stereocenters. The van der Waals surface area contributed by atoms with Crippen molar-refractivity contribution in [1.29, 1.82) is 0 Å². The number of terminal acetylenes is 1. The maximum atomic E-state index is 12.7. The summed E-state index contributed by atoms with van der Waals surface area (Å²) < 4.78 is 11.6. The molecule has 3 aliphatic heterocycles. The molecular formula is C16H24N4O5. The van der Waals surface area contributed by atoms with E-state index in [-0.39, 0.29) is 19.1 Å². The molecule has 3 heterocycles. The van der Waals surface area contributed by atoms with Crippen molar-refractivity contribution in [3.63, 3.8) is 0 Å². The zero-order valence-corrected chi connectivity index (χ0v) is 14.4. The van der Waals surface area contributed by atoms with Crippen LogP contribution in [0.2, 0.25) is 0 Å². The first-order valence-corrected chi connectivity index (χ1v) is 8.37. The number of hydrogen-bond donors (Lipinski definition) is 3. The quantitative estimate of drug-likeness (QED) is 0.602. The SMILES string of the molecule is C#CCN1C(=O)NC2N(O)CN=C(OC)C21C1([C@@H](O)CC)CCCO1. The molecule has 138 valence electrons. The minimum Gasteiger partial charge on any atom is -0.482 e. The standard InChI is InChI=1S/C16H24N4O5/c1-4-8-19-14(22)18-12-16(19,13(24-3)17-10-20(12)23)15(11(21)5-2)7-6-9-25-15/h1,11-12,21,23H,5-10H2,2-3H3,(H,18,22)/t11-,12?,15?,16?/m0/s1. The van der Waals surface area contributed by atoms with Crippen LogP contribution in [0.5, 0.6) is 0 Å². The first kappa shape index (κ1) is 17.9. The zero-order chi connectivity index (χ0) is 18.2. The summed E-state index contributed by atoms with van der Waals surface area (Å²) in [6.07, 6.45) is 5.26. The topological polar surface area (TPSA) is 107 Å². The van der Waals surface area contributed by atoms with Crippen molar-refractivity contribution in [3.05, 3.63) is 0 Å². The van der Waals surface area contributed by atoms with Crippen molar-refractivity contribution in [2.24, 2.45) is 4.99 Å². The van der Waals surface area contributed by atoms with E-state index < -0.39 is 29.4 Å². The summed E-state index contributed by atoms with van der Waals surface area (Å²) in [7, 11) is 1.45. The van der Waals surface area contributed by atoms with E-state index >= 15 is 0 Å². The molecule has 9 heteroatoms. The fourth-order valence-electron chi connectivity index (χ4n) is 4.43. The van der Waals surface area contributed by atoms with Crippen molar-refractivity contribution >= 4 is 11.9 Å². The van der Waals surface area contributed by atoms with Crippen LogP contribution in [0, 0.1) is 12.3 Å². The third-order valence-electron chi connectivity index (χ3n) is 5.38. The molecule has 3 rings (SSSR count). The van der Waals surface area contributed by atoms with Gasteiger partial charge in [0.2, 0.25) is 5.90 Å². The van der Waals surface area contributed by atoms with E-state index in [0.717, 1.165) is 5.06 Å². The van der Waals surface area contributed by atoms with Gasteiger partial charge in [0.05, 0.1) is 19.8 Å². The lowest BCUT2D eigenvalue weighted by atomic mass is 9.69. The molecule has 0 radical (unpaired) electrons. The number of hydrogen-bond acceptors (Lipinski definition) is 7. The summed E-state index contributed by atoms with van der Waals surface area (Å²) in [5, 5.41) is 25.0. The van der Waals surface area contributed by atoms with Gasteiger partial charge in [-0.2, -0.15) is 0 Å². The summed E-state index contributed by atoms with van der Waals surface area (Å²) in [5.74, 6) is 2.69. The summed E-state index contributed by atoms with van der Waals surface area (Å²) in [4.78, 5) is 18.4. The molecule has 0 aromatic heterocycles. The monoisotopic (exact) mass is 352 g/mol. The highest BCUT2D eigenvalue weighted by molar-refractivity contribution is 5.97. The van der Waals surface area contributed by atoms with Crippen LogP contribution in [0.15, 0.2) is 4.99 Å². The van der Waals surface area contributed by atoms with Gasteiger partial charge in [0.1, 0.15) is 18.4 Å². The molecule has 25 heavy (non-hydrogen) atoms. The Hall–Kier alpha value is -1.86. The van der Waals surface area contributed by atoms with E-state index in [1.54, 1.807) is 0 Å². The van der Waals surface area contributed by atoms with Crippen molar-refractivity contribution in [3.8, 4) is 12.3 Å². The van der Waals surface area contributed by atoms with Gasteiger partial charge in [-0.1, -0.05) is 12.8 Å². The van der Waals surface area contributed by atoms with Crippen LogP contribution in [0.1, 0.15) is 26.2 Å². The van der Waals surface area contributed by atoms with Crippen LogP contribution < -0.4 is 5.32 Å². The number of urea groups is 1. The molecule has 0 spiro atoms. The van der Waals surface area contributed by atoms with Gasteiger partial charge in [0, 0.05) is 6.61 Å². The second-order valence-electron chi connectivity index (χ2n) is 6.42. The molecule has 0 saturated carbocycles. The van der Waals surface area contributed by atoms with E-state index in [4.69, 9.17) is 15.9 Å². The van der Waals surface area contributed by atoms with Crippen LogP contribution in [-0.2, 0) is 9.47 Å². The molecule has 0 aromatic carbocycles. The van der Waals surface area contributed by atoms with Crippen molar-refractivity contribution in [1.82, 2.24) is 15.3 Å². The highest BCUT2D eigenvalue weighted by Crippen LogP contribution is 2.50. The van der Waals surface area contributed by atoms with Crippen LogP contribution in [0.4, 0.5) is 4.79 Å². The number of aliphatic hydroxyl groups is 1. The number of fused-ring (bicyclic) bond motifs is 1. The number of nitrogens with one attached hydrogen (secondary N) is 1. The third-order valence-corrected chi connectivity index (χ3v) is 5.38. The Labute approximate surface area is 146 Å². The van der Waals surface area contributed by atoms with Crippen LogP contribution in [0.3, 0.4) is 0 Å². The Bertz CT molecular complexity index is 612. The summed E-state index contributed by atoms with van der Waals surface area (Å²) >= 11 is 0. The normalized spacial score (nSPS) is 36.4. The zero-order valence-electron chi connectivity index (χ0n) is 14.4. The molecule has 0 aromatic rings. The smallest absolute Gasteiger partial charge is 0.320 e. The Morgan fingerprint density at radius 1 is 1.64 bits per heavy atom. The average molecular weight is 352 g/mol. The number of carbonyl (C=O) groups is 1. The Kier molecular flexibility index (Phi) is 4.64. The fraction of sp³-hybridized carbons (Fsp3) is 0.750. The van der Waals surface area contributed by atoms with E-state index in [1.165, 1.54) is 12.0 Å². The van der Waals surface area contributed by atoms with Gasteiger partial charge in [-0.15, -0.1) is 11.5 Å². The number of methoxy groups -OCH3 is 1. The van der Waals surface area contributed by atoms with Gasteiger partial charge < -0.3 is 25.1 Å². The molecule has 3 N–H and O–H groups in total. The fourth-order valence-corrected chi connectivity index (χ4v) is 4.43. The molecular weight excluding hydrogens is 328 g/mol. The van der Waals surface area contributed by atoms with E-state index in [9.17, 15) is 15.1 Å². The first-order valence-electron chi connectivity index (χ1n) is 8.37. The van der Waals surface area contributed by atoms with Crippen LogP contribution in [0.25, 0.3) is 0 Å². The molecule has 9 nitrogen and oxygen atoms in total. The lowest BCUT2D eigenvalue weighted by Crippen LogP contribution is -2.78. The summed E-state index contributed by atoms with van der Waals surface area (Å²) in [6, 6.07) is -0.466. The van der Waals surface area contributed by atoms with Gasteiger partial charge in [0.25, 0.3) is 0 Å².